The van der Waals surface area contributed by atoms with E-state index in [0.717, 1.165) is 32.1 Å². The lowest BCUT2D eigenvalue weighted by atomic mass is 10.0. The molecule has 2 fully saturated rings. The molecule has 0 aromatic carbocycles. The Morgan fingerprint density at radius 3 is 2.68 bits per heavy atom. The lowest BCUT2D eigenvalue weighted by molar-refractivity contribution is -0.130. The number of nitrogens with zero attached hydrogens (tertiary/aromatic N) is 3. The summed E-state index contributed by atoms with van der Waals surface area (Å²) >= 11 is 1.86. The minimum absolute atomic E-state index is 0.219. The van der Waals surface area contributed by atoms with Crippen LogP contribution < -0.4 is 0 Å². The summed E-state index contributed by atoms with van der Waals surface area (Å²) < 4.78 is 0. The van der Waals surface area contributed by atoms with Gasteiger partial charge in [-0.3, -0.25) is 9.69 Å². The summed E-state index contributed by atoms with van der Waals surface area (Å²) in [7, 11) is 0. The fourth-order valence-electron chi connectivity index (χ4n) is 3.80. The molecule has 0 N–H and O–H groups in total. The number of carbonyl (C=O) groups is 1. The Morgan fingerprint density at radius 1 is 1.27 bits per heavy atom. The molecule has 0 radical (unpaired) electrons. The third-order valence-corrected chi connectivity index (χ3v) is 6.07. The van der Waals surface area contributed by atoms with Gasteiger partial charge < -0.3 is 9.80 Å². The smallest absolute Gasteiger partial charge is 0.219 e. The van der Waals surface area contributed by atoms with Gasteiger partial charge in [0.2, 0.25) is 5.91 Å². The molecule has 0 bridgehead atoms. The summed E-state index contributed by atoms with van der Waals surface area (Å²) in [5.41, 5.74) is 0. The van der Waals surface area contributed by atoms with Gasteiger partial charge in [-0.1, -0.05) is 13.0 Å². The minimum Gasteiger partial charge on any atom is -0.340 e. The van der Waals surface area contributed by atoms with Gasteiger partial charge in [0.1, 0.15) is 0 Å². The van der Waals surface area contributed by atoms with E-state index in [0.29, 0.717) is 6.04 Å². The maximum Gasteiger partial charge on any atom is 0.219 e. The van der Waals surface area contributed by atoms with Crippen molar-refractivity contribution in [2.45, 2.75) is 26.3 Å². The van der Waals surface area contributed by atoms with Crippen molar-refractivity contribution in [1.82, 2.24) is 14.7 Å². The van der Waals surface area contributed by atoms with E-state index in [1.54, 1.807) is 6.92 Å². The van der Waals surface area contributed by atoms with Crippen LogP contribution in [0, 0.1) is 5.92 Å². The first-order chi connectivity index (χ1) is 10.6. The molecule has 2 atom stereocenters. The zero-order valence-electron chi connectivity index (χ0n) is 13.7. The Morgan fingerprint density at radius 2 is 2.05 bits per heavy atom. The van der Waals surface area contributed by atoms with Crippen molar-refractivity contribution in [2.75, 3.05) is 45.8 Å². The van der Waals surface area contributed by atoms with Crippen molar-refractivity contribution in [2.24, 2.45) is 5.92 Å². The monoisotopic (exact) mass is 321 g/mol. The fraction of sp³-hybridized carbons (Fsp3) is 0.706. The first-order valence-electron chi connectivity index (χ1n) is 8.38. The van der Waals surface area contributed by atoms with E-state index >= 15 is 0 Å². The number of likely N-dealkylation sites (tertiary alicyclic amines) is 1. The van der Waals surface area contributed by atoms with Gasteiger partial charge in [0.05, 0.1) is 0 Å². The molecule has 1 aromatic heterocycles. The molecule has 2 saturated heterocycles. The van der Waals surface area contributed by atoms with E-state index in [2.05, 4.69) is 34.2 Å². The van der Waals surface area contributed by atoms with Crippen LogP contribution in [-0.4, -0.2) is 72.5 Å². The van der Waals surface area contributed by atoms with E-state index < -0.39 is 0 Å². The molecule has 3 rings (SSSR count). The number of rotatable bonds is 4. The highest BCUT2D eigenvalue weighted by Gasteiger charge is 2.35. The Labute approximate surface area is 137 Å². The summed E-state index contributed by atoms with van der Waals surface area (Å²) in [6.45, 7) is 11.5. The number of amides is 1. The van der Waals surface area contributed by atoms with Crippen molar-refractivity contribution in [3.8, 4) is 0 Å². The Bertz CT molecular complexity index is 482. The van der Waals surface area contributed by atoms with Crippen LogP contribution in [0.5, 0.6) is 0 Å². The minimum atomic E-state index is 0.219. The highest BCUT2D eigenvalue weighted by molar-refractivity contribution is 7.09. The second-order valence-corrected chi connectivity index (χ2v) is 7.71. The van der Waals surface area contributed by atoms with Gasteiger partial charge in [0.25, 0.3) is 0 Å². The van der Waals surface area contributed by atoms with Crippen LogP contribution in [0.25, 0.3) is 0 Å². The topological polar surface area (TPSA) is 26.8 Å². The van der Waals surface area contributed by atoms with Crippen LogP contribution in [0.4, 0.5) is 0 Å². The van der Waals surface area contributed by atoms with Gasteiger partial charge in [-0.15, -0.1) is 11.3 Å². The molecule has 2 aliphatic heterocycles. The lowest BCUT2D eigenvalue weighted by Crippen LogP contribution is -2.53. The van der Waals surface area contributed by atoms with E-state index in [9.17, 15) is 4.79 Å². The molecule has 5 heteroatoms. The molecule has 0 aliphatic carbocycles. The standard InChI is InChI=1S/C17H27N3OS/c1-14-12-18(6-5-16-4-3-11-22-16)13-17(14)20-9-7-19(8-10-20)15(2)21/h3-4,11,14,17H,5-10,12-13H2,1-2H3/t14-,17+/m0/s1. The first-order valence-corrected chi connectivity index (χ1v) is 9.26. The molecule has 22 heavy (non-hydrogen) atoms. The van der Waals surface area contributed by atoms with Gasteiger partial charge in [-0.25, -0.2) is 0 Å². The van der Waals surface area contributed by atoms with Crippen LogP contribution in [0.3, 0.4) is 0 Å². The van der Waals surface area contributed by atoms with Crippen LogP contribution in [-0.2, 0) is 11.2 Å². The number of thiophene rings is 1. The average molecular weight is 321 g/mol. The summed E-state index contributed by atoms with van der Waals surface area (Å²) in [5.74, 6) is 0.948. The van der Waals surface area contributed by atoms with Crippen molar-refractivity contribution in [3.05, 3.63) is 22.4 Å². The zero-order valence-corrected chi connectivity index (χ0v) is 14.5. The summed E-state index contributed by atoms with van der Waals surface area (Å²) in [4.78, 5) is 20.1. The summed E-state index contributed by atoms with van der Waals surface area (Å²) in [5, 5.41) is 2.17. The lowest BCUT2D eigenvalue weighted by Gasteiger charge is -2.39. The number of carbonyl (C=O) groups excluding carboxylic acids is 1. The largest absolute Gasteiger partial charge is 0.340 e. The van der Waals surface area contributed by atoms with Crippen LogP contribution in [0.1, 0.15) is 18.7 Å². The second-order valence-electron chi connectivity index (χ2n) is 6.68. The normalized spacial score (nSPS) is 27.5. The molecule has 1 amide bonds. The van der Waals surface area contributed by atoms with Crippen molar-refractivity contribution in [3.63, 3.8) is 0 Å². The van der Waals surface area contributed by atoms with E-state index in [1.807, 2.05) is 16.2 Å². The quantitative estimate of drug-likeness (QED) is 0.846. The SMILES string of the molecule is CC(=O)N1CCN([C@@H]2CN(CCc3cccs3)C[C@@H]2C)CC1. The maximum absolute atomic E-state index is 11.4. The molecule has 0 unspecified atom stereocenters. The highest BCUT2D eigenvalue weighted by atomic mass is 32.1. The molecular weight excluding hydrogens is 294 g/mol. The van der Waals surface area contributed by atoms with Crippen LogP contribution >= 0.6 is 11.3 Å². The van der Waals surface area contributed by atoms with E-state index in [-0.39, 0.29) is 5.91 Å². The van der Waals surface area contributed by atoms with Crippen molar-refractivity contribution < 1.29 is 4.79 Å². The Hall–Kier alpha value is -0.910. The zero-order chi connectivity index (χ0) is 15.5. The Kier molecular flexibility index (Phi) is 5.16. The van der Waals surface area contributed by atoms with Gasteiger partial charge >= 0.3 is 0 Å². The molecule has 1 aromatic rings. The third kappa shape index (κ3) is 3.70. The van der Waals surface area contributed by atoms with Crippen molar-refractivity contribution >= 4 is 17.2 Å². The number of hydrogen-bond acceptors (Lipinski definition) is 4. The first kappa shape index (κ1) is 16.0. The molecule has 2 aliphatic rings. The number of piperazine rings is 1. The molecule has 0 spiro atoms. The predicted molar refractivity (Wildman–Crippen MR) is 91.2 cm³/mol. The molecule has 122 valence electrons. The molecule has 0 saturated carbocycles. The van der Waals surface area contributed by atoms with Gasteiger partial charge in [-0.2, -0.15) is 0 Å². The van der Waals surface area contributed by atoms with E-state index in [1.165, 1.54) is 30.9 Å². The molecule has 3 heterocycles. The van der Waals surface area contributed by atoms with E-state index in [4.69, 9.17) is 0 Å². The summed E-state index contributed by atoms with van der Waals surface area (Å²) in [6, 6.07) is 5.05. The van der Waals surface area contributed by atoms with Crippen LogP contribution in [0.15, 0.2) is 17.5 Å². The van der Waals surface area contributed by atoms with Gasteiger partial charge in [-0.05, 0) is 23.8 Å². The van der Waals surface area contributed by atoms with Gasteiger partial charge in [0.15, 0.2) is 0 Å². The Balaban J connectivity index is 1.48. The highest BCUT2D eigenvalue weighted by Crippen LogP contribution is 2.23. The maximum atomic E-state index is 11.4. The van der Waals surface area contributed by atoms with Crippen LogP contribution in [0.2, 0.25) is 0 Å². The molecule has 4 nitrogen and oxygen atoms in total. The fourth-order valence-corrected chi connectivity index (χ4v) is 4.50. The predicted octanol–water partition coefficient (Wildman–Crippen LogP) is 1.77. The third-order valence-electron chi connectivity index (χ3n) is 5.13. The number of hydrogen-bond donors (Lipinski definition) is 0. The molecular formula is C17H27N3OS. The van der Waals surface area contributed by atoms with Gasteiger partial charge in [0, 0.05) is 63.7 Å². The average Bonchev–Trinajstić information content (AvgIpc) is 3.14. The summed E-state index contributed by atoms with van der Waals surface area (Å²) in [6.07, 6.45) is 1.18. The second kappa shape index (κ2) is 7.11. The van der Waals surface area contributed by atoms with Crippen molar-refractivity contribution in [1.29, 1.82) is 0 Å².